The van der Waals surface area contributed by atoms with Crippen LogP contribution in [0.5, 0.6) is 0 Å². The first kappa shape index (κ1) is 12.5. The minimum absolute atomic E-state index is 0.125. The maximum absolute atomic E-state index is 13.4. The molecule has 1 unspecified atom stereocenters. The Bertz CT molecular complexity index is 372. The van der Waals surface area contributed by atoms with Crippen molar-refractivity contribution in [1.82, 2.24) is 0 Å². The van der Waals surface area contributed by atoms with Crippen LogP contribution in [0.2, 0.25) is 0 Å². The maximum Gasteiger partial charge on any atom is 0.162 e. The van der Waals surface area contributed by atoms with Gasteiger partial charge in [0.2, 0.25) is 0 Å². The van der Waals surface area contributed by atoms with Crippen LogP contribution < -0.4 is 5.73 Å². The fourth-order valence-electron chi connectivity index (χ4n) is 2.68. The van der Waals surface area contributed by atoms with Crippen molar-refractivity contribution in [1.29, 1.82) is 0 Å². The van der Waals surface area contributed by atoms with Gasteiger partial charge in [-0.3, -0.25) is 0 Å². The number of nitrogens with two attached hydrogens (primary N) is 1. The molecule has 1 aromatic rings. The SMILES string of the molecule is NC(CCc1cccc(F)c1F)C1CCCC1. The van der Waals surface area contributed by atoms with E-state index in [2.05, 4.69) is 0 Å². The molecule has 0 aromatic heterocycles. The topological polar surface area (TPSA) is 26.0 Å². The van der Waals surface area contributed by atoms with Gasteiger partial charge in [0.1, 0.15) is 0 Å². The lowest BCUT2D eigenvalue weighted by Crippen LogP contribution is -2.28. The van der Waals surface area contributed by atoms with Gasteiger partial charge < -0.3 is 5.73 Å². The fourth-order valence-corrected chi connectivity index (χ4v) is 2.68. The highest BCUT2D eigenvalue weighted by molar-refractivity contribution is 5.19. The van der Waals surface area contributed by atoms with E-state index in [-0.39, 0.29) is 6.04 Å². The molecular formula is C14H19F2N. The molecule has 0 bridgehead atoms. The number of rotatable bonds is 4. The van der Waals surface area contributed by atoms with E-state index in [9.17, 15) is 8.78 Å². The predicted molar refractivity (Wildman–Crippen MR) is 64.6 cm³/mol. The molecule has 0 amide bonds. The van der Waals surface area contributed by atoms with Crippen LogP contribution >= 0.6 is 0 Å². The average molecular weight is 239 g/mol. The molecule has 0 aliphatic heterocycles. The maximum atomic E-state index is 13.4. The Hall–Kier alpha value is -0.960. The molecule has 0 spiro atoms. The lowest BCUT2D eigenvalue weighted by atomic mass is 9.93. The van der Waals surface area contributed by atoms with Crippen molar-refractivity contribution in [2.45, 2.75) is 44.6 Å². The molecule has 1 atom stereocenters. The molecule has 94 valence electrons. The summed E-state index contributed by atoms with van der Waals surface area (Å²) in [6.07, 6.45) is 6.16. The van der Waals surface area contributed by atoms with Crippen molar-refractivity contribution >= 4 is 0 Å². The molecule has 1 aliphatic carbocycles. The second-order valence-electron chi connectivity index (χ2n) is 4.96. The first-order valence-electron chi connectivity index (χ1n) is 6.37. The third-order valence-corrected chi connectivity index (χ3v) is 3.78. The lowest BCUT2D eigenvalue weighted by Gasteiger charge is -2.18. The van der Waals surface area contributed by atoms with Crippen LogP contribution in [0.4, 0.5) is 8.78 Å². The summed E-state index contributed by atoms with van der Waals surface area (Å²) in [7, 11) is 0. The van der Waals surface area contributed by atoms with Crippen molar-refractivity contribution < 1.29 is 8.78 Å². The number of hydrogen-bond donors (Lipinski definition) is 1. The molecule has 3 heteroatoms. The average Bonchev–Trinajstić information content (AvgIpc) is 2.84. The van der Waals surface area contributed by atoms with Crippen LogP contribution in [-0.4, -0.2) is 6.04 Å². The summed E-state index contributed by atoms with van der Waals surface area (Å²) in [6, 6.07) is 4.46. The van der Waals surface area contributed by atoms with Crippen LogP contribution in [0.3, 0.4) is 0 Å². The molecule has 1 aliphatic rings. The molecule has 1 saturated carbocycles. The zero-order valence-corrected chi connectivity index (χ0v) is 9.96. The van der Waals surface area contributed by atoms with Gasteiger partial charge in [-0.05, 0) is 43.2 Å². The first-order valence-corrected chi connectivity index (χ1v) is 6.37. The number of benzene rings is 1. The van der Waals surface area contributed by atoms with Crippen molar-refractivity contribution in [3.8, 4) is 0 Å². The Kier molecular flexibility index (Phi) is 4.11. The number of aryl methyl sites for hydroxylation is 1. The quantitative estimate of drug-likeness (QED) is 0.856. The highest BCUT2D eigenvalue weighted by atomic mass is 19.2. The highest BCUT2D eigenvalue weighted by Crippen LogP contribution is 2.28. The summed E-state index contributed by atoms with van der Waals surface area (Å²) in [5, 5.41) is 0. The van der Waals surface area contributed by atoms with E-state index in [0.29, 0.717) is 17.9 Å². The zero-order valence-electron chi connectivity index (χ0n) is 9.96. The monoisotopic (exact) mass is 239 g/mol. The molecule has 1 fully saturated rings. The second-order valence-corrected chi connectivity index (χ2v) is 4.96. The summed E-state index contributed by atoms with van der Waals surface area (Å²) in [4.78, 5) is 0. The molecular weight excluding hydrogens is 220 g/mol. The van der Waals surface area contributed by atoms with E-state index in [4.69, 9.17) is 5.73 Å². The van der Waals surface area contributed by atoms with Crippen molar-refractivity contribution in [2.75, 3.05) is 0 Å². The molecule has 17 heavy (non-hydrogen) atoms. The second kappa shape index (κ2) is 5.58. The highest BCUT2D eigenvalue weighted by Gasteiger charge is 2.22. The Morgan fingerprint density at radius 2 is 1.94 bits per heavy atom. The van der Waals surface area contributed by atoms with Gasteiger partial charge in [0.25, 0.3) is 0 Å². The van der Waals surface area contributed by atoms with E-state index >= 15 is 0 Å². The van der Waals surface area contributed by atoms with Crippen LogP contribution in [0.15, 0.2) is 18.2 Å². The Morgan fingerprint density at radius 3 is 2.65 bits per heavy atom. The molecule has 2 N–H and O–H groups in total. The number of halogens is 2. The summed E-state index contributed by atoms with van der Waals surface area (Å²) in [6.45, 7) is 0. The standard InChI is InChI=1S/C14H19F2N/c15-12-7-3-6-11(14(12)16)8-9-13(17)10-4-1-2-5-10/h3,6-7,10,13H,1-2,4-5,8-9,17H2. The van der Waals surface area contributed by atoms with E-state index < -0.39 is 11.6 Å². The van der Waals surface area contributed by atoms with Gasteiger partial charge in [0, 0.05) is 6.04 Å². The lowest BCUT2D eigenvalue weighted by molar-refractivity contribution is 0.406. The van der Waals surface area contributed by atoms with Crippen LogP contribution in [0, 0.1) is 17.6 Å². The van der Waals surface area contributed by atoms with Crippen molar-refractivity contribution in [3.05, 3.63) is 35.4 Å². The smallest absolute Gasteiger partial charge is 0.162 e. The Morgan fingerprint density at radius 1 is 1.24 bits per heavy atom. The zero-order chi connectivity index (χ0) is 12.3. The molecule has 0 radical (unpaired) electrons. The third-order valence-electron chi connectivity index (χ3n) is 3.78. The van der Waals surface area contributed by atoms with Gasteiger partial charge in [-0.25, -0.2) is 8.78 Å². The van der Waals surface area contributed by atoms with E-state index in [1.165, 1.54) is 25.7 Å². The fraction of sp³-hybridized carbons (Fsp3) is 0.571. The van der Waals surface area contributed by atoms with Gasteiger partial charge in [0.05, 0.1) is 0 Å². The van der Waals surface area contributed by atoms with Gasteiger partial charge in [-0.2, -0.15) is 0 Å². The first-order chi connectivity index (χ1) is 8.18. The van der Waals surface area contributed by atoms with Gasteiger partial charge in [0.15, 0.2) is 11.6 Å². The van der Waals surface area contributed by atoms with Crippen molar-refractivity contribution in [3.63, 3.8) is 0 Å². The van der Waals surface area contributed by atoms with E-state index in [0.717, 1.165) is 12.5 Å². The summed E-state index contributed by atoms with van der Waals surface area (Å²) < 4.78 is 26.4. The molecule has 1 nitrogen and oxygen atoms in total. The molecule has 1 aromatic carbocycles. The Labute approximate surface area is 101 Å². The summed E-state index contributed by atoms with van der Waals surface area (Å²) in [5.41, 5.74) is 6.54. The molecule has 2 rings (SSSR count). The third kappa shape index (κ3) is 3.03. The van der Waals surface area contributed by atoms with Crippen LogP contribution in [0.25, 0.3) is 0 Å². The summed E-state index contributed by atoms with van der Waals surface area (Å²) in [5.74, 6) is -0.908. The van der Waals surface area contributed by atoms with Gasteiger partial charge in [-0.1, -0.05) is 25.0 Å². The minimum Gasteiger partial charge on any atom is -0.327 e. The Balaban J connectivity index is 1.90. The molecule has 0 heterocycles. The summed E-state index contributed by atoms with van der Waals surface area (Å²) >= 11 is 0. The minimum atomic E-state index is -0.767. The van der Waals surface area contributed by atoms with E-state index in [1.807, 2.05) is 0 Å². The van der Waals surface area contributed by atoms with Gasteiger partial charge in [-0.15, -0.1) is 0 Å². The van der Waals surface area contributed by atoms with E-state index in [1.54, 1.807) is 12.1 Å². The predicted octanol–water partition coefficient (Wildman–Crippen LogP) is 3.41. The van der Waals surface area contributed by atoms with Crippen LogP contribution in [-0.2, 0) is 6.42 Å². The normalized spacial score (nSPS) is 18.5. The van der Waals surface area contributed by atoms with Crippen LogP contribution in [0.1, 0.15) is 37.7 Å². The van der Waals surface area contributed by atoms with Gasteiger partial charge >= 0.3 is 0 Å². The largest absolute Gasteiger partial charge is 0.327 e. The number of hydrogen-bond acceptors (Lipinski definition) is 1. The van der Waals surface area contributed by atoms with Crippen molar-refractivity contribution in [2.24, 2.45) is 11.7 Å². The molecule has 0 saturated heterocycles.